The lowest BCUT2D eigenvalue weighted by atomic mass is 9.96. The fourth-order valence-corrected chi connectivity index (χ4v) is 4.60. The molecule has 0 radical (unpaired) electrons. The van der Waals surface area contributed by atoms with Crippen LogP contribution in [-0.4, -0.2) is 63.8 Å². The minimum Gasteiger partial charge on any atom is -0.385 e. The number of aliphatic hydroxyl groups is 1. The molecule has 1 saturated heterocycles. The van der Waals surface area contributed by atoms with Crippen LogP contribution in [-0.2, 0) is 11.2 Å². The molecule has 0 spiro atoms. The van der Waals surface area contributed by atoms with Crippen LogP contribution < -0.4 is 0 Å². The number of benzene rings is 2. The number of fused-ring (bicyclic) bond motifs is 1. The molecule has 7 heteroatoms. The monoisotopic (exact) mass is 470 g/mol. The molecule has 35 heavy (non-hydrogen) atoms. The average molecular weight is 471 g/mol. The van der Waals surface area contributed by atoms with E-state index in [-0.39, 0.29) is 5.78 Å². The Labute approximate surface area is 204 Å². The van der Waals surface area contributed by atoms with Crippen LogP contribution in [0.1, 0.15) is 38.8 Å². The average Bonchev–Trinajstić information content (AvgIpc) is 3.29. The second-order valence-corrected chi connectivity index (χ2v) is 9.25. The molecule has 0 amide bonds. The highest BCUT2D eigenvalue weighted by Gasteiger charge is 2.21. The van der Waals surface area contributed by atoms with Gasteiger partial charge in [-0.05, 0) is 49.2 Å². The van der Waals surface area contributed by atoms with Crippen LogP contribution in [0.5, 0.6) is 0 Å². The fraction of sp³-hybridized carbons (Fsp3) is 0.321. The number of aromatic amines is 1. The summed E-state index contributed by atoms with van der Waals surface area (Å²) in [5.41, 5.74) is 6.84. The lowest BCUT2D eigenvalue weighted by Gasteiger charge is -2.28. The third kappa shape index (κ3) is 5.17. The lowest BCUT2D eigenvalue weighted by Crippen LogP contribution is -2.38. The first kappa shape index (κ1) is 23.4. The van der Waals surface area contributed by atoms with Crippen molar-refractivity contribution in [3.8, 4) is 11.3 Å². The summed E-state index contributed by atoms with van der Waals surface area (Å²) in [6, 6.07) is 17.7. The van der Waals surface area contributed by atoms with E-state index in [0.717, 1.165) is 52.0 Å². The zero-order chi connectivity index (χ0) is 24.4. The van der Waals surface area contributed by atoms with E-state index in [1.54, 1.807) is 0 Å². The van der Waals surface area contributed by atoms with E-state index in [1.807, 2.05) is 68.4 Å². The van der Waals surface area contributed by atoms with Crippen molar-refractivity contribution in [2.75, 3.05) is 32.8 Å². The number of pyridine rings is 1. The molecule has 1 atom stereocenters. The highest BCUT2D eigenvalue weighted by molar-refractivity contribution is 5.97. The van der Waals surface area contributed by atoms with Gasteiger partial charge in [0.05, 0.1) is 24.6 Å². The van der Waals surface area contributed by atoms with Gasteiger partial charge in [-0.3, -0.25) is 14.8 Å². The van der Waals surface area contributed by atoms with Crippen LogP contribution in [0.25, 0.3) is 22.3 Å². The zero-order valence-electron chi connectivity index (χ0n) is 20.1. The number of H-pyrrole nitrogens is 1. The third-order valence-corrected chi connectivity index (χ3v) is 6.60. The summed E-state index contributed by atoms with van der Waals surface area (Å²) >= 11 is 0. The van der Waals surface area contributed by atoms with Gasteiger partial charge in [0, 0.05) is 42.6 Å². The van der Waals surface area contributed by atoms with Crippen LogP contribution >= 0.6 is 0 Å². The van der Waals surface area contributed by atoms with Gasteiger partial charge in [0.15, 0.2) is 11.4 Å². The number of β-amino-alcohol motifs (C(OH)–C–C–N with tert-alkyl or cyclic N) is 1. The smallest absolute Gasteiger partial charge is 0.181 e. The highest BCUT2D eigenvalue weighted by Crippen LogP contribution is 2.28. The standard InChI is InChI=1S/C28H30N4O3/c1-18-4-3-5-21(14-18)25(33)16-20-7-6-19(2)23(15-20)24-9-8-22-27(30-31-28(22)29-24)26(34)17-32-10-12-35-13-11-32/h3-9,14-15,26,34H,10-13,16-17H2,1-2H3,(H,29,30,31). The van der Waals surface area contributed by atoms with Gasteiger partial charge in [-0.2, -0.15) is 5.10 Å². The number of nitrogens with one attached hydrogen (secondary N) is 1. The number of hydrogen-bond acceptors (Lipinski definition) is 6. The predicted octanol–water partition coefficient (Wildman–Crippen LogP) is 4.03. The van der Waals surface area contributed by atoms with Crippen molar-refractivity contribution in [2.45, 2.75) is 26.4 Å². The number of Topliss-reactive ketones (excluding diaryl/α,β-unsaturated/α-hetero) is 1. The Morgan fingerprint density at radius 1 is 1.11 bits per heavy atom. The normalized spacial score (nSPS) is 15.4. The van der Waals surface area contributed by atoms with Gasteiger partial charge >= 0.3 is 0 Å². The first-order chi connectivity index (χ1) is 17.0. The molecular weight excluding hydrogens is 440 g/mol. The molecule has 2 aromatic heterocycles. The van der Waals surface area contributed by atoms with Gasteiger partial charge in [0.25, 0.3) is 0 Å². The van der Waals surface area contributed by atoms with Gasteiger partial charge in [-0.15, -0.1) is 0 Å². The van der Waals surface area contributed by atoms with Crippen LogP contribution in [0, 0.1) is 13.8 Å². The number of ketones is 1. The second-order valence-electron chi connectivity index (χ2n) is 9.25. The number of morpholine rings is 1. The molecule has 180 valence electrons. The quantitative estimate of drug-likeness (QED) is 0.396. The molecule has 0 saturated carbocycles. The van der Waals surface area contributed by atoms with Crippen molar-refractivity contribution >= 4 is 16.8 Å². The summed E-state index contributed by atoms with van der Waals surface area (Å²) in [6.45, 7) is 7.56. The number of hydrogen-bond donors (Lipinski definition) is 2. The van der Waals surface area contributed by atoms with E-state index < -0.39 is 6.10 Å². The molecule has 3 heterocycles. The largest absolute Gasteiger partial charge is 0.385 e. The molecular formula is C28H30N4O3. The number of ether oxygens (including phenoxy) is 1. The molecule has 1 unspecified atom stereocenters. The number of rotatable bonds is 7. The molecule has 0 aliphatic carbocycles. The zero-order valence-corrected chi connectivity index (χ0v) is 20.1. The number of carbonyl (C=O) groups excluding carboxylic acids is 1. The summed E-state index contributed by atoms with van der Waals surface area (Å²) in [5, 5.41) is 19.0. The second kappa shape index (κ2) is 10.1. The SMILES string of the molecule is Cc1cccc(C(=O)Cc2ccc(C)c(-c3ccc4c(C(O)CN5CCOCC5)[nH]nc4n3)c2)c1. The summed E-state index contributed by atoms with van der Waals surface area (Å²) in [5.74, 6) is 0.0955. The summed E-state index contributed by atoms with van der Waals surface area (Å²) in [6.07, 6.45) is -0.345. The van der Waals surface area contributed by atoms with Crippen molar-refractivity contribution in [1.29, 1.82) is 0 Å². The maximum absolute atomic E-state index is 12.8. The Kier molecular flexibility index (Phi) is 6.72. The summed E-state index contributed by atoms with van der Waals surface area (Å²) in [4.78, 5) is 19.8. The topological polar surface area (TPSA) is 91.3 Å². The first-order valence-electron chi connectivity index (χ1n) is 12.0. The number of carbonyl (C=O) groups is 1. The third-order valence-electron chi connectivity index (χ3n) is 6.60. The van der Waals surface area contributed by atoms with Crippen molar-refractivity contribution in [2.24, 2.45) is 0 Å². The number of aliphatic hydroxyl groups excluding tert-OH is 1. The molecule has 2 aromatic carbocycles. The van der Waals surface area contributed by atoms with E-state index in [2.05, 4.69) is 15.1 Å². The van der Waals surface area contributed by atoms with Crippen molar-refractivity contribution in [3.63, 3.8) is 0 Å². The Morgan fingerprint density at radius 2 is 1.94 bits per heavy atom. The molecule has 1 aliphatic heterocycles. The van der Waals surface area contributed by atoms with E-state index in [9.17, 15) is 9.90 Å². The maximum atomic E-state index is 12.8. The lowest BCUT2D eigenvalue weighted by molar-refractivity contribution is 0.0138. The van der Waals surface area contributed by atoms with Crippen molar-refractivity contribution in [3.05, 3.63) is 82.5 Å². The van der Waals surface area contributed by atoms with Crippen LogP contribution in [0.3, 0.4) is 0 Å². The van der Waals surface area contributed by atoms with E-state index in [1.165, 1.54) is 0 Å². The molecule has 1 aliphatic rings. The van der Waals surface area contributed by atoms with Crippen LogP contribution in [0.2, 0.25) is 0 Å². The van der Waals surface area contributed by atoms with Crippen molar-refractivity contribution in [1.82, 2.24) is 20.1 Å². The Balaban J connectivity index is 1.37. The van der Waals surface area contributed by atoms with Gasteiger partial charge in [0.2, 0.25) is 0 Å². The molecule has 4 aromatic rings. The Hall–Kier alpha value is -3.39. The van der Waals surface area contributed by atoms with Crippen LogP contribution in [0.4, 0.5) is 0 Å². The molecule has 7 nitrogen and oxygen atoms in total. The highest BCUT2D eigenvalue weighted by atomic mass is 16.5. The number of nitrogens with zero attached hydrogens (tertiary/aromatic N) is 3. The minimum absolute atomic E-state index is 0.0955. The van der Waals surface area contributed by atoms with Gasteiger partial charge in [-0.1, -0.05) is 35.9 Å². The van der Waals surface area contributed by atoms with Crippen molar-refractivity contribution < 1.29 is 14.6 Å². The van der Waals surface area contributed by atoms with E-state index in [0.29, 0.717) is 37.5 Å². The minimum atomic E-state index is -0.677. The van der Waals surface area contributed by atoms with Gasteiger partial charge in [-0.25, -0.2) is 4.98 Å². The summed E-state index contributed by atoms with van der Waals surface area (Å²) < 4.78 is 5.39. The molecule has 5 rings (SSSR count). The summed E-state index contributed by atoms with van der Waals surface area (Å²) in [7, 11) is 0. The molecule has 1 fully saturated rings. The maximum Gasteiger partial charge on any atom is 0.181 e. The Bertz CT molecular complexity index is 1360. The number of aryl methyl sites for hydroxylation is 2. The Morgan fingerprint density at radius 3 is 2.74 bits per heavy atom. The molecule has 0 bridgehead atoms. The first-order valence-corrected chi connectivity index (χ1v) is 12.0. The molecule has 2 N–H and O–H groups in total. The van der Waals surface area contributed by atoms with E-state index >= 15 is 0 Å². The van der Waals surface area contributed by atoms with Gasteiger partial charge in [0.1, 0.15) is 6.10 Å². The van der Waals surface area contributed by atoms with E-state index in [4.69, 9.17) is 9.72 Å². The van der Waals surface area contributed by atoms with Crippen LogP contribution in [0.15, 0.2) is 54.6 Å². The number of aromatic nitrogens is 3. The van der Waals surface area contributed by atoms with Gasteiger partial charge < -0.3 is 9.84 Å². The predicted molar refractivity (Wildman–Crippen MR) is 135 cm³/mol. The fourth-order valence-electron chi connectivity index (χ4n) is 4.60.